The third-order valence-corrected chi connectivity index (χ3v) is 8.44. The number of hydrogen-bond acceptors (Lipinski definition) is 2. The van der Waals surface area contributed by atoms with Crippen LogP contribution in [0.25, 0.3) is 11.1 Å². The zero-order valence-corrected chi connectivity index (χ0v) is 18.5. The SMILES string of the molecule is CC12CCN(C(=O)N3CCCCC3)C(Cc3cccc(-c4cccnc4)c31)C2(C)C. The molecule has 0 radical (unpaired) electrons. The second-order valence-corrected chi connectivity index (χ2v) is 10.1. The van der Waals surface area contributed by atoms with Gasteiger partial charge in [0.15, 0.2) is 0 Å². The smallest absolute Gasteiger partial charge is 0.320 e. The first-order valence-corrected chi connectivity index (χ1v) is 11.5. The molecule has 2 aromatic rings. The number of fused-ring (bicyclic) bond motifs is 4. The molecular formula is C26H33N3O. The van der Waals surface area contributed by atoms with Crippen LogP contribution in [0.15, 0.2) is 42.7 Å². The van der Waals surface area contributed by atoms with E-state index in [4.69, 9.17) is 0 Å². The van der Waals surface area contributed by atoms with Crippen molar-refractivity contribution in [1.82, 2.24) is 14.8 Å². The Kier molecular flexibility index (Phi) is 4.64. The van der Waals surface area contributed by atoms with Gasteiger partial charge in [0.25, 0.3) is 0 Å². The van der Waals surface area contributed by atoms with Gasteiger partial charge in [0.1, 0.15) is 0 Å². The molecule has 5 rings (SSSR count). The Balaban J connectivity index is 1.57. The largest absolute Gasteiger partial charge is 0.325 e. The zero-order chi connectivity index (χ0) is 20.9. The summed E-state index contributed by atoms with van der Waals surface area (Å²) in [7, 11) is 0. The lowest BCUT2D eigenvalue weighted by molar-refractivity contribution is -0.0239. The van der Waals surface area contributed by atoms with E-state index < -0.39 is 0 Å². The molecule has 3 heterocycles. The molecule has 1 aliphatic carbocycles. The summed E-state index contributed by atoms with van der Waals surface area (Å²) in [6.07, 6.45) is 9.29. The minimum atomic E-state index is 0.00199. The van der Waals surface area contributed by atoms with E-state index in [1.54, 1.807) is 0 Å². The highest BCUT2D eigenvalue weighted by molar-refractivity contribution is 5.77. The Labute approximate surface area is 180 Å². The number of aromatic nitrogens is 1. The quantitative estimate of drug-likeness (QED) is 0.650. The number of benzene rings is 1. The predicted molar refractivity (Wildman–Crippen MR) is 120 cm³/mol. The fourth-order valence-corrected chi connectivity index (χ4v) is 6.28. The minimum absolute atomic E-state index is 0.00199. The van der Waals surface area contributed by atoms with Crippen LogP contribution in [-0.4, -0.2) is 46.5 Å². The predicted octanol–water partition coefficient (Wildman–Crippen LogP) is 5.27. The molecule has 4 heteroatoms. The van der Waals surface area contributed by atoms with Crippen molar-refractivity contribution < 1.29 is 4.79 Å². The van der Waals surface area contributed by atoms with Crippen molar-refractivity contribution in [3.05, 3.63) is 53.9 Å². The minimum Gasteiger partial charge on any atom is -0.325 e. The van der Waals surface area contributed by atoms with Crippen LogP contribution < -0.4 is 0 Å². The lowest BCUT2D eigenvalue weighted by atomic mass is 9.50. The molecule has 2 fully saturated rings. The molecule has 2 unspecified atom stereocenters. The van der Waals surface area contributed by atoms with Gasteiger partial charge in [-0.1, -0.05) is 45.0 Å². The Morgan fingerprint density at radius 2 is 1.83 bits per heavy atom. The number of piperidine rings is 2. The van der Waals surface area contributed by atoms with Crippen molar-refractivity contribution in [3.63, 3.8) is 0 Å². The summed E-state index contributed by atoms with van der Waals surface area (Å²) < 4.78 is 0. The normalized spacial score (nSPS) is 27.5. The average molecular weight is 404 g/mol. The lowest BCUT2D eigenvalue weighted by Crippen LogP contribution is -2.66. The monoisotopic (exact) mass is 403 g/mol. The Morgan fingerprint density at radius 1 is 1.03 bits per heavy atom. The maximum Gasteiger partial charge on any atom is 0.320 e. The van der Waals surface area contributed by atoms with Gasteiger partial charge in [0, 0.05) is 49.0 Å². The molecule has 1 aromatic carbocycles. The second kappa shape index (κ2) is 7.11. The summed E-state index contributed by atoms with van der Waals surface area (Å²) in [5, 5.41) is 0. The number of pyridine rings is 1. The molecule has 2 amide bonds. The fourth-order valence-electron chi connectivity index (χ4n) is 6.28. The third kappa shape index (κ3) is 2.79. The van der Waals surface area contributed by atoms with E-state index in [2.05, 4.69) is 59.8 Å². The standard InChI is InChI=1S/C26H33N3O/c1-25(2)22-17-19-9-7-11-21(20-10-8-13-27-18-20)23(19)26(25,3)12-16-29(22)24(30)28-14-5-4-6-15-28/h7-11,13,18,22H,4-6,12,14-17H2,1-3H3. The number of urea groups is 1. The van der Waals surface area contributed by atoms with Crippen molar-refractivity contribution in [2.75, 3.05) is 19.6 Å². The molecule has 2 atom stereocenters. The molecule has 2 saturated heterocycles. The first-order chi connectivity index (χ1) is 14.4. The van der Waals surface area contributed by atoms with Crippen molar-refractivity contribution >= 4 is 6.03 Å². The molecule has 3 aliphatic rings. The maximum absolute atomic E-state index is 13.5. The second-order valence-electron chi connectivity index (χ2n) is 10.1. The van der Waals surface area contributed by atoms with Gasteiger partial charge in [0.05, 0.1) is 0 Å². The molecule has 1 aromatic heterocycles. The first kappa shape index (κ1) is 19.6. The van der Waals surface area contributed by atoms with Crippen LogP contribution in [0.5, 0.6) is 0 Å². The van der Waals surface area contributed by atoms with Gasteiger partial charge in [-0.05, 0) is 60.3 Å². The molecule has 0 N–H and O–H groups in total. The van der Waals surface area contributed by atoms with E-state index >= 15 is 0 Å². The van der Waals surface area contributed by atoms with Gasteiger partial charge in [0.2, 0.25) is 0 Å². The summed E-state index contributed by atoms with van der Waals surface area (Å²) in [5.41, 5.74) is 5.41. The van der Waals surface area contributed by atoms with Gasteiger partial charge in [-0.25, -0.2) is 4.79 Å². The number of carbonyl (C=O) groups is 1. The van der Waals surface area contributed by atoms with Crippen LogP contribution in [0, 0.1) is 5.41 Å². The summed E-state index contributed by atoms with van der Waals surface area (Å²) >= 11 is 0. The molecule has 30 heavy (non-hydrogen) atoms. The van der Waals surface area contributed by atoms with Gasteiger partial charge < -0.3 is 9.80 Å². The average Bonchev–Trinajstić information content (AvgIpc) is 2.76. The van der Waals surface area contributed by atoms with Crippen molar-refractivity contribution in [2.45, 2.75) is 64.3 Å². The van der Waals surface area contributed by atoms with Crippen molar-refractivity contribution in [1.29, 1.82) is 0 Å². The molecule has 4 nitrogen and oxygen atoms in total. The van der Waals surface area contributed by atoms with Gasteiger partial charge in [-0.15, -0.1) is 0 Å². The number of hydrogen-bond donors (Lipinski definition) is 0. The van der Waals surface area contributed by atoms with Crippen LogP contribution in [0.2, 0.25) is 0 Å². The third-order valence-electron chi connectivity index (χ3n) is 8.44. The maximum atomic E-state index is 13.5. The highest BCUT2D eigenvalue weighted by atomic mass is 16.2. The summed E-state index contributed by atoms with van der Waals surface area (Å²) in [4.78, 5) is 22.2. The van der Waals surface area contributed by atoms with E-state index in [9.17, 15) is 4.79 Å². The van der Waals surface area contributed by atoms with Crippen LogP contribution >= 0.6 is 0 Å². The lowest BCUT2D eigenvalue weighted by Gasteiger charge is -2.61. The van der Waals surface area contributed by atoms with Crippen molar-refractivity contribution in [3.8, 4) is 11.1 Å². The summed E-state index contributed by atoms with van der Waals surface area (Å²) in [5.74, 6) is 0. The Bertz CT molecular complexity index is 948. The number of amides is 2. The van der Waals surface area contributed by atoms with Gasteiger partial charge in [-0.3, -0.25) is 4.98 Å². The van der Waals surface area contributed by atoms with E-state index in [1.165, 1.54) is 28.7 Å². The van der Waals surface area contributed by atoms with Crippen LogP contribution in [0.1, 0.15) is 57.6 Å². The van der Waals surface area contributed by atoms with E-state index in [1.807, 2.05) is 18.5 Å². The Hall–Kier alpha value is -2.36. The van der Waals surface area contributed by atoms with Crippen molar-refractivity contribution in [2.24, 2.45) is 5.41 Å². The Morgan fingerprint density at radius 3 is 2.57 bits per heavy atom. The highest BCUT2D eigenvalue weighted by Crippen LogP contribution is 2.58. The molecule has 158 valence electrons. The highest BCUT2D eigenvalue weighted by Gasteiger charge is 2.57. The van der Waals surface area contributed by atoms with Crippen LogP contribution in [0.4, 0.5) is 4.79 Å². The fraction of sp³-hybridized carbons (Fsp3) is 0.538. The molecule has 0 saturated carbocycles. The van der Waals surface area contributed by atoms with Crippen LogP contribution in [0.3, 0.4) is 0 Å². The molecule has 2 aliphatic heterocycles. The van der Waals surface area contributed by atoms with Crippen LogP contribution in [-0.2, 0) is 11.8 Å². The first-order valence-electron chi connectivity index (χ1n) is 11.5. The summed E-state index contributed by atoms with van der Waals surface area (Å²) in [6.45, 7) is 9.89. The number of carbonyl (C=O) groups excluding carboxylic acids is 1. The molecule has 0 spiro atoms. The van der Waals surface area contributed by atoms with E-state index in [0.29, 0.717) is 0 Å². The topological polar surface area (TPSA) is 36.4 Å². The van der Waals surface area contributed by atoms with E-state index in [-0.39, 0.29) is 22.9 Å². The zero-order valence-electron chi connectivity index (χ0n) is 18.5. The molecular weight excluding hydrogens is 370 g/mol. The summed E-state index contributed by atoms with van der Waals surface area (Å²) in [6, 6.07) is 11.4. The van der Waals surface area contributed by atoms with E-state index in [0.717, 1.165) is 45.3 Å². The number of likely N-dealkylation sites (tertiary alicyclic amines) is 2. The van der Waals surface area contributed by atoms with Gasteiger partial charge >= 0.3 is 6.03 Å². The number of nitrogens with zero attached hydrogens (tertiary/aromatic N) is 3. The number of rotatable bonds is 1. The van der Waals surface area contributed by atoms with Gasteiger partial charge in [-0.2, -0.15) is 0 Å². The molecule has 2 bridgehead atoms.